The summed E-state index contributed by atoms with van der Waals surface area (Å²) in [6.07, 6.45) is 3.93. The number of rotatable bonds is 7. The molecule has 0 saturated carbocycles. The fraction of sp³-hybridized carbons (Fsp3) is 0.333. The Labute approximate surface area is 227 Å². The summed E-state index contributed by atoms with van der Waals surface area (Å²) >= 11 is 0. The molecule has 3 aromatic rings. The molecule has 1 aromatic carbocycles. The number of hydrogen-bond donors (Lipinski definition) is 3. The molecule has 1 fully saturated rings. The van der Waals surface area contributed by atoms with Gasteiger partial charge in [-0.3, -0.25) is 9.79 Å². The van der Waals surface area contributed by atoms with Crippen LogP contribution in [-0.4, -0.2) is 76.0 Å². The van der Waals surface area contributed by atoms with Crippen molar-refractivity contribution in [2.45, 2.75) is 19.9 Å². The molecule has 4 N–H and O–H groups in total. The number of piperidine rings is 1. The highest BCUT2D eigenvalue weighted by Gasteiger charge is 2.25. The molecule has 0 bridgehead atoms. The quantitative estimate of drug-likeness (QED) is 0.397. The van der Waals surface area contributed by atoms with Crippen molar-refractivity contribution in [1.29, 1.82) is 0 Å². The highest BCUT2D eigenvalue weighted by molar-refractivity contribution is 6.09. The van der Waals surface area contributed by atoms with Crippen LogP contribution in [-0.2, 0) is 18.4 Å². The lowest BCUT2D eigenvalue weighted by Gasteiger charge is -2.31. The molecule has 12 nitrogen and oxygen atoms in total. The van der Waals surface area contributed by atoms with E-state index >= 15 is 0 Å². The van der Waals surface area contributed by atoms with Crippen molar-refractivity contribution in [3.8, 4) is 11.4 Å². The third kappa shape index (κ3) is 6.58. The number of urea groups is 1. The van der Waals surface area contributed by atoms with E-state index in [9.17, 15) is 9.59 Å². The minimum Gasteiger partial charge on any atom is -0.394 e. The number of carbonyl (C=O) groups is 2. The number of benzene rings is 1. The van der Waals surface area contributed by atoms with Crippen LogP contribution in [0.25, 0.3) is 11.4 Å². The van der Waals surface area contributed by atoms with Crippen LogP contribution >= 0.6 is 0 Å². The molecule has 0 unspecified atom stereocenters. The number of amides is 3. The molecule has 0 atom stereocenters. The number of nitrogens with zero attached hydrogens (tertiary/aromatic N) is 7. The van der Waals surface area contributed by atoms with Crippen LogP contribution in [0.1, 0.15) is 18.9 Å². The van der Waals surface area contributed by atoms with Gasteiger partial charge in [-0.2, -0.15) is 5.10 Å². The normalized spacial score (nSPS) is 15.7. The van der Waals surface area contributed by atoms with E-state index in [4.69, 9.17) is 5.73 Å². The van der Waals surface area contributed by atoms with Gasteiger partial charge < -0.3 is 26.2 Å². The van der Waals surface area contributed by atoms with Crippen molar-refractivity contribution in [3.05, 3.63) is 65.8 Å². The lowest BCUT2D eigenvalue weighted by molar-refractivity contribution is -0.117. The van der Waals surface area contributed by atoms with Crippen molar-refractivity contribution in [2.24, 2.45) is 17.8 Å². The average molecular weight is 531 g/mol. The molecule has 204 valence electrons. The lowest BCUT2D eigenvalue weighted by atomic mass is 9.99. The van der Waals surface area contributed by atoms with Crippen LogP contribution in [0.4, 0.5) is 16.3 Å². The summed E-state index contributed by atoms with van der Waals surface area (Å²) in [5.41, 5.74) is 10.5. The number of nitrogens with two attached hydrogens (primary N) is 1. The summed E-state index contributed by atoms with van der Waals surface area (Å²) in [5.74, 6) is 1.16. The maximum atomic E-state index is 13.0. The number of nitrogens with one attached hydrogen (secondary N) is 2. The Morgan fingerprint density at radius 2 is 1.90 bits per heavy atom. The number of aliphatic imine (C=N–C) groups is 1. The fourth-order valence-electron chi connectivity index (χ4n) is 4.17. The SMILES string of the molecule is CCN=C1CCN(c2ccc(-c3ncnn3C)cn2)C/C1=C(/N)C(=O)NCc1ccc(NC(=O)N(C)C)cc1. The number of anilines is 2. The molecule has 1 aliphatic heterocycles. The molecule has 0 aliphatic carbocycles. The zero-order chi connectivity index (χ0) is 27.9. The third-order valence-electron chi connectivity index (χ3n) is 6.34. The van der Waals surface area contributed by atoms with Gasteiger partial charge in [0, 0.05) is 82.5 Å². The van der Waals surface area contributed by atoms with E-state index in [1.165, 1.54) is 11.2 Å². The van der Waals surface area contributed by atoms with Crippen LogP contribution < -0.4 is 21.3 Å². The zero-order valence-electron chi connectivity index (χ0n) is 22.7. The predicted octanol–water partition coefficient (Wildman–Crippen LogP) is 2.17. The molecule has 39 heavy (non-hydrogen) atoms. The number of aryl methyl sites for hydroxylation is 1. The average Bonchev–Trinajstić information content (AvgIpc) is 3.38. The molecule has 3 heterocycles. The fourth-order valence-corrected chi connectivity index (χ4v) is 4.17. The van der Waals surface area contributed by atoms with E-state index in [-0.39, 0.29) is 17.6 Å². The van der Waals surface area contributed by atoms with Crippen LogP contribution in [0, 0.1) is 0 Å². The Morgan fingerprint density at radius 3 is 2.51 bits per heavy atom. The second-order valence-electron chi connectivity index (χ2n) is 9.30. The smallest absolute Gasteiger partial charge is 0.321 e. The summed E-state index contributed by atoms with van der Waals surface area (Å²) in [4.78, 5) is 41.9. The second-order valence-corrected chi connectivity index (χ2v) is 9.30. The minimum atomic E-state index is -0.355. The first kappa shape index (κ1) is 27.3. The van der Waals surface area contributed by atoms with Gasteiger partial charge in [-0.05, 0) is 36.8 Å². The largest absolute Gasteiger partial charge is 0.394 e. The van der Waals surface area contributed by atoms with Crippen LogP contribution in [0.15, 0.2) is 65.2 Å². The van der Waals surface area contributed by atoms with Crippen LogP contribution in [0.2, 0.25) is 0 Å². The topological polar surface area (TPSA) is 147 Å². The lowest BCUT2D eigenvalue weighted by Crippen LogP contribution is -2.40. The summed E-state index contributed by atoms with van der Waals surface area (Å²) in [6, 6.07) is 11.0. The summed E-state index contributed by atoms with van der Waals surface area (Å²) < 4.78 is 1.70. The second kappa shape index (κ2) is 12.2. The molecule has 1 saturated heterocycles. The van der Waals surface area contributed by atoms with Crippen molar-refractivity contribution in [2.75, 3.05) is 43.9 Å². The molecule has 3 amide bonds. The van der Waals surface area contributed by atoms with E-state index in [1.54, 1.807) is 37.1 Å². The Bertz CT molecular complexity index is 1370. The van der Waals surface area contributed by atoms with Crippen molar-refractivity contribution in [1.82, 2.24) is 30.0 Å². The molecule has 1 aliphatic rings. The van der Waals surface area contributed by atoms with Gasteiger partial charge in [-0.25, -0.2) is 19.4 Å². The van der Waals surface area contributed by atoms with Crippen molar-refractivity contribution < 1.29 is 9.59 Å². The Morgan fingerprint density at radius 1 is 1.13 bits per heavy atom. The number of hydrogen-bond acceptors (Lipinski definition) is 8. The van der Waals surface area contributed by atoms with E-state index in [2.05, 4.69) is 35.6 Å². The van der Waals surface area contributed by atoms with Gasteiger partial charge in [0.25, 0.3) is 5.91 Å². The predicted molar refractivity (Wildman–Crippen MR) is 151 cm³/mol. The molecule has 2 aromatic heterocycles. The molecule has 0 radical (unpaired) electrons. The maximum absolute atomic E-state index is 13.0. The van der Waals surface area contributed by atoms with Crippen LogP contribution in [0.5, 0.6) is 0 Å². The van der Waals surface area contributed by atoms with Gasteiger partial charge in [0.1, 0.15) is 17.8 Å². The van der Waals surface area contributed by atoms with Gasteiger partial charge in [0.05, 0.1) is 0 Å². The van der Waals surface area contributed by atoms with Gasteiger partial charge in [0.2, 0.25) is 0 Å². The Kier molecular flexibility index (Phi) is 8.54. The summed E-state index contributed by atoms with van der Waals surface area (Å²) in [7, 11) is 5.18. The van der Waals surface area contributed by atoms with Gasteiger partial charge in [-0.15, -0.1) is 0 Å². The number of aromatic nitrogens is 4. The highest BCUT2D eigenvalue weighted by Crippen LogP contribution is 2.24. The molecule has 0 spiro atoms. The van der Waals surface area contributed by atoms with Gasteiger partial charge >= 0.3 is 6.03 Å². The van der Waals surface area contributed by atoms with E-state index in [0.717, 1.165) is 28.5 Å². The van der Waals surface area contributed by atoms with Crippen LogP contribution in [0.3, 0.4) is 0 Å². The molecular weight excluding hydrogens is 496 g/mol. The molecule has 12 heteroatoms. The Balaban J connectivity index is 1.45. The molecular formula is C27H34N10O2. The van der Waals surface area contributed by atoms with Crippen molar-refractivity contribution in [3.63, 3.8) is 0 Å². The minimum absolute atomic E-state index is 0.150. The monoisotopic (exact) mass is 530 g/mol. The Hall–Kier alpha value is -4.74. The van der Waals surface area contributed by atoms with Gasteiger partial charge in [0.15, 0.2) is 5.82 Å². The maximum Gasteiger partial charge on any atom is 0.321 e. The zero-order valence-corrected chi connectivity index (χ0v) is 22.7. The van der Waals surface area contributed by atoms with E-state index in [1.807, 2.05) is 38.2 Å². The summed E-state index contributed by atoms with van der Waals surface area (Å²) in [6.45, 7) is 4.00. The first-order chi connectivity index (χ1) is 18.8. The van der Waals surface area contributed by atoms with E-state index < -0.39 is 0 Å². The summed E-state index contributed by atoms with van der Waals surface area (Å²) in [5, 5.41) is 9.79. The van der Waals surface area contributed by atoms with Gasteiger partial charge in [-0.1, -0.05) is 12.1 Å². The third-order valence-corrected chi connectivity index (χ3v) is 6.34. The molecule has 4 rings (SSSR count). The highest BCUT2D eigenvalue weighted by atomic mass is 16.2. The van der Waals surface area contributed by atoms with Crippen molar-refractivity contribution >= 4 is 29.2 Å². The first-order valence-electron chi connectivity index (χ1n) is 12.7. The first-order valence-corrected chi connectivity index (χ1v) is 12.7. The number of pyridine rings is 1. The number of carbonyl (C=O) groups excluding carboxylic acids is 2. The standard InChI is InChI=1S/C27H34N10O2/c1-5-29-22-12-13-37(23-11-8-19(15-30-23)25-32-17-33-36(25)4)16-21(22)24(28)26(38)31-14-18-6-9-20(10-7-18)34-27(39)35(2)3/h6-11,15,17H,5,12-14,16,28H2,1-4H3,(H,31,38)(H,34,39)/b24-21-,29-22?. The van der Waals surface area contributed by atoms with E-state index in [0.29, 0.717) is 43.9 Å².